The number of para-hydroxylation sites is 1. The molecule has 0 radical (unpaired) electrons. The van der Waals surface area contributed by atoms with Crippen molar-refractivity contribution in [3.8, 4) is 0 Å². The lowest BCUT2D eigenvalue weighted by molar-refractivity contribution is 0.0955. The number of amides is 1. The summed E-state index contributed by atoms with van der Waals surface area (Å²) in [6.07, 6.45) is 3.71. The molecule has 0 bridgehead atoms. The highest BCUT2D eigenvalue weighted by Crippen LogP contribution is 2.33. The number of fused-ring (bicyclic) bond motifs is 2. The maximum Gasteiger partial charge on any atom is 0.294 e. The van der Waals surface area contributed by atoms with E-state index in [4.69, 9.17) is 4.42 Å². The number of hydrazone groups is 1. The van der Waals surface area contributed by atoms with Crippen LogP contribution in [-0.2, 0) is 22.9 Å². The van der Waals surface area contributed by atoms with Crippen LogP contribution in [-0.4, -0.2) is 26.6 Å². The summed E-state index contributed by atoms with van der Waals surface area (Å²) < 4.78 is 44.4. The van der Waals surface area contributed by atoms with Crippen LogP contribution in [0.15, 0.2) is 62.9 Å². The second-order valence-electron chi connectivity index (χ2n) is 8.50. The maximum atomic E-state index is 13.5. The predicted octanol–water partition coefficient (Wildman–Crippen LogP) is 4.34. The lowest BCUT2D eigenvalue weighted by Gasteiger charge is -2.28. The first-order chi connectivity index (χ1) is 16.3. The second-order valence-corrected chi connectivity index (χ2v) is 10.2. The van der Waals surface area contributed by atoms with Crippen molar-refractivity contribution in [2.75, 3.05) is 11.4 Å². The van der Waals surface area contributed by atoms with Gasteiger partial charge < -0.3 is 9.32 Å². The van der Waals surface area contributed by atoms with E-state index in [0.29, 0.717) is 42.0 Å². The fraction of sp³-hybridized carbons (Fsp3) is 0.280. The molecule has 0 saturated heterocycles. The number of nitrogens with one attached hydrogen (secondary N) is 1. The molecule has 1 aromatic heterocycles. The van der Waals surface area contributed by atoms with Crippen molar-refractivity contribution < 1.29 is 22.0 Å². The third-order valence-corrected chi connectivity index (χ3v) is 7.52. The summed E-state index contributed by atoms with van der Waals surface area (Å²) >= 11 is 0. The standard InChI is InChI=1S/C25H24FN3O4S/c1-16-23-20(27-28-34(31,32)19-13-11-18(26)12-14-19)8-4-10-22(23)33-24(16)25(30)29-15-5-7-17-6-2-3-9-21(17)29/h2-3,6,9,11-14,28H,4-5,7-8,10,15H2,1H3/b27-20+. The molecule has 2 aromatic carbocycles. The average Bonchev–Trinajstić information content (AvgIpc) is 3.19. The van der Waals surface area contributed by atoms with E-state index in [-0.39, 0.29) is 16.6 Å². The minimum absolute atomic E-state index is 0.0853. The number of rotatable bonds is 4. The highest BCUT2D eigenvalue weighted by molar-refractivity contribution is 7.89. The fourth-order valence-electron chi connectivity index (χ4n) is 4.63. The van der Waals surface area contributed by atoms with Crippen LogP contribution in [0.3, 0.4) is 0 Å². The molecule has 0 spiro atoms. The zero-order valence-electron chi connectivity index (χ0n) is 18.7. The number of furan rings is 1. The Kier molecular flexibility index (Phi) is 5.73. The number of halogens is 1. The molecule has 5 rings (SSSR count). The smallest absolute Gasteiger partial charge is 0.294 e. The highest BCUT2D eigenvalue weighted by Gasteiger charge is 2.32. The summed E-state index contributed by atoms with van der Waals surface area (Å²) in [5.41, 5.74) is 3.89. The monoisotopic (exact) mass is 481 g/mol. The molecule has 1 amide bonds. The van der Waals surface area contributed by atoms with Crippen LogP contribution >= 0.6 is 0 Å². The predicted molar refractivity (Wildman–Crippen MR) is 126 cm³/mol. The summed E-state index contributed by atoms with van der Waals surface area (Å²) in [4.78, 5) is 17.4. The highest BCUT2D eigenvalue weighted by atomic mass is 32.2. The van der Waals surface area contributed by atoms with Crippen LogP contribution in [0.4, 0.5) is 10.1 Å². The first-order valence-corrected chi connectivity index (χ1v) is 12.7. The number of benzene rings is 2. The number of aryl methyl sites for hydroxylation is 2. The molecule has 2 heterocycles. The van der Waals surface area contributed by atoms with E-state index >= 15 is 0 Å². The minimum atomic E-state index is -3.96. The number of carbonyl (C=O) groups excluding carboxylic acids is 1. The summed E-state index contributed by atoms with van der Waals surface area (Å²) in [6, 6.07) is 12.4. The third kappa shape index (κ3) is 4.00. The van der Waals surface area contributed by atoms with E-state index in [0.717, 1.165) is 42.6 Å². The zero-order valence-corrected chi connectivity index (χ0v) is 19.5. The Hall–Kier alpha value is -3.46. The van der Waals surface area contributed by atoms with Crippen LogP contribution in [0.1, 0.15) is 52.3 Å². The average molecular weight is 482 g/mol. The SMILES string of the molecule is Cc1c(C(=O)N2CCCc3ccccc32)oc2c1/C(=N/NS(=O)(=O)c1ccc(F)cc1)CCC2. The zero-order chi connectivity index (χ0) is 23.9. The molecule has 7 nitrogen and oxygen atoms in total. The van der Waals surface area contributed by atoms with Crippen molar-refractivity contribution in [3.63, 3.8) is 0 Å². The van der Waals surface area contributed by atoms with E-state index in [1.54, 1.807) is 11.8 Å². The van der Waals surface area contributed by atoms with Crippen LogP contribution < -0.4 is 9.73 Å². The topological polar surface area (TPSA) is 92.0 Å². The number of sulfonamides is 1. The van der Waals surface area contributed by atoms with E-state index in [9.17, 15) is 17.6 Å². The number of carbonyl (C=O) groups is 1. The maximum absolute atomic E-state index is 13.5. The molecule has 1 N–H and O–H groups in total. The first kappa shape index (κ1) is 22.3. The van der Waals surface area contributed by atoms with Gasteiger partial charge >= 0.3 is 0 Å². The van der Waals surface area contributed by atoms with Gasteiger partial charge in [0.2, 0.25) is 0 Å². The molecule has 1 aliphatic carbocycles. The van der Waals surface area contributed by atoms with Gasteiger partial charge in [-0.15, -0.1) is 0 Å². The normalized spacial score (nSPS) is 16.8. The van der Waals surface area contributed by atoms with Gasteiger partial charge in [-0.05, 0) is 68.5 Å². The van der Waals surface area contributed by atoms with Crippen molar-refractivity contribution >= 4 is 27.3 Å². The number of anilines is 1. The number of hydrogen-bond acceptors (Lipinski definition) is 5. The van der Waals surface area contributed by atoms with Gasteiger partial charge in [-0.3, -0.25) is 4.79 Å². The second kappa shape index (κ2) is 8.72. The van der Waals surface area contributed by atoms with E-state index in [2.05, 4.69) is 9.93 Å². The van der Waals surface area contributed by atoms with Crippen molar-refractivity contribution in [2.24, 2.45) is 5.10 Å². The van der Waals surface area contributed by atoms with Gasteiger partial charge in [0.05, 0.1) is 10.6 Å². The molecule has 3 aromatic rings. The van der Waals surface area contributed by atoms with E-state index in [1.807, 2.05) is 24.3 Å². The molecule has 0 atom stereocenters. The van der Waals surface area contributed by atoms with Gasteiger partial charge in [0.25, 0.3) is 15.9 Å². The quantitative estimate of drug-likeness (QED) is 0.561. The molecule has 2 aliphatic rings. The third-order valence-electron chi connectivity index (χ3n) is 6.30. The van der Waals surface area contributed by atoms with Crippen molar-refractivity contribution in [2.45, 2.75) is 43.9 Å². The van der Waals surface area contributed by atoms with E-state index in [1.165, 1.54) is 12.1 Å². The van der Waals surface area contributed by atoms with Crippen molar-refractivity contribution in [1.82, 2.24) is 4.83 Å². The minimum Gasteiger partial charge on any atom is -0.455 e. The lowest BCUT2D eigenvalue weighted by Crippen LogP contribution is -2.35. The van der Waals surface area contributed by atoms with Gasteiger partial charge in [0, 0.05) is 29.8 Å². The van der Waals surface area contributed by atoms with Crippen LogP contribution in [0.5, 0.6) is 0 Å². The molecule has 9 heteroatoms. The summed E-state index contributed by atoms with van der Waals surface area (Å²) in [6.45, 7) is 2.42. The van der Waals surface area contributed by atoms with Gasteiger partial charge in [0.15, 0.2) is 5.76 Å². The Balaban J connectivity index is 1.46. The van der Waals surface area contributed by atoms with Gasteiger partial charge in [-0.25, -0.2) is 4.39 Å². The summed E-state index contributed by atoms with van der Waals surface area (Å²) in [5.74, 6) is 0.171. The van der Waals surface area contributed by atoms with Crippen molar-refractivity contribution in [3.05, 3.63) is 82.6 Å². The van der Waals surface area contributed by atoms with E-state index < -0.39 is 15.8 Å². The Morgan fingerprint density at radius 3 is 2.62 bits per heavy atom. The number of hydrogen-bond donors (Lipinski definition) is 1. The summed E-state index contributed by atoms with van der Waals surface area (Å²) in [5, 5.41) is 4.18. The first-order valence-electron chi connectivity index (χ1n) is 11.2. The van der Waals surface area contributed by atoms with Crippen LogP contribution in [0.25, 0.3) is 0 Å². The largest absolute Gasteiger partial charge is 0.455 e. The number of nitrogens with zero attached hydrogens (tertiary/aromatic N) is 2. The Morgan fingerprint density at radius 1 is 1.06 bits per heavy atom. The lowest BCUT2D eigenvalue weighted by atomic mass is 9.93. The van der Waals surface area contributed by atoms with Gasteiger partial charge in [-0.2, -0.15) is 18.4 Å². The van der Waals surface area contributed by atoms with Crippen molar-refractivity contribution in [1.29, 1.82) is 0 Å². The molecule has 0 saturated carbocycles. The fourth-order valence-corrected chi connectivity index (χ4v) is 5.46. The van der Waals surface area contributed by atoms with Crippen LogP contribution in [0.2, 0.25) is 0 Å². The Bertz CT molecular complexity index is 1390. The molecule has 176 valence electrons. The molecule has 0 unspecified atom stereocenters. The molecule has 34 heavy (non-hydrogen) atoms. The van der Waals surface area contributed by atoms with Crippen LogP contribution in [0, 0.1) is 12.7 Å². The molecular weight excluding hydrogens is 457 g/mol. The molecule has 0 fully saturated rings. The summed E-state index contributed by atoms with van der Waals surface area (Å²) in [7, 11) is -3.96. The Morgan fingerprint density at radius 2 is 1.82 bits per heavy atom. The molecule has 1 aliphatic heterocycles. The van der Waals surface area contributed by atoms with Gasteiger partial charge in [0.1, 0.15) is 11.6 Å². The van der Waals surface area contributed by atoms with Gasteiger partial charge in [-0.1, -0.05) is 18.2 Å². The molecular formula is C25H24FN3O4S. The Labute approximate surface area is 197 Å².